The van der Waals surface area contributed by atoms with E-state index in [0.717, 1.165) is 4.90 Å². The van der Waals surface area contributed by atoms with Gasteiger partial charge in [-0.3, -0.25) is 0 Å². The third-order valence-corrected chi connectivity index (χ3v) is 2.74. The third kappa shape index (κ3) is 2.84. The highest BCUT2D eigenvalue weighted by Gasteiger charge is 2.06. The van der Waals surface area contributed by atoms with Crippen LogP contribution in [0.15, 0.2) is 40.4 Å². The molecule has 1 heterocycles. The molecule has 0 aliphatic heterocycles. The van der Waals surface area contributed by atoms with Crippen molar-refractivity contribution in [1.82, 2.24) is 15.0 Å². The van der Waals surface area contributed by atoms with Crippen molar-refractivity contribution in [3.05, 3.63) is 35.6 Å². The van der Waals surface area contributed by atoms with Gasteiger partial charge in [0, 0.05) is 4.90 Å². The molecule has 0 amide bonds. The maximum atomic E-state index is 5.74. The number of aromatic nitrogens is 3. The van der Waals surface area contributed by atoms with Crippen LogP contribution in [-0.4, -0.2) is 22.1 Å². The summed E-state index contributed by atoms with van der Waals surface area (Å²) < 4.78 is 4.91. The van der Waals surface area contributed by atoms with Gasteiger partial charge in [0.1, 0.15) is 0 Å². The zero-order chi connectivity index (χ0) is 11.4. The fraction of sp³-hybridized carbons (Fsp3) is 0.100. The third-order valence-electron chi connectivity index (χ3n) is 1.70. The van der Waals surface area contributed by atoms with E-state index >= 15 is 0 Å². The van der Waals surface area contributed by atoms with Crippen molar-refractivity contribution in [2.45, 2.75) is 10.1 Å². The largest absolute Gasteiger partial charge is 0.467 e. The van der Waals surface area contributed by atoms with Crippen LogP contribution in [-0.2, 0) is 0 Å². The molecule has 0 atom stereocenters. The number of hydrogen-bond donors (Lipinski definition) is 0. The van der Waals surface area contributed by atoms with Gasteiger partial charge in [-0.05, 0) is 35.5 Å². The predicted molar refractivity (Wildman–Crippen MR) is 62.0 cm³/mol. The molecule has 0 saturated heterocycles. The minimum absolute atomic E-state index is 0.130. The van der Waals surface area contributed by atoms with Gasteiger partial charge in [-0.1, -0.05) is 18.2 Å². The van der Waals surface area contributed by atoms with Gasteiger partial charge in [-0.2, -0.15) is 15.0 Å². The normalized spacial score (nSPS) is 10.1. The molecular weight excluding hydrogens is 246 g/mol. The maximum Gasteiger partial charge on any atom is 0.321 e. The van der Waals surface area contributed by atoms with Gasteiger partial charge in [0.2, 0.25) is 5.28 Å². The molecule has 0 N–H and O–H groups in total. The van der Waals surface area contributed by atoms with Crippen LogP contribution in [0.25, 0.3) is 0 Å². The lowest BCUT2D eigenvalue weighted by Crippen LogP contribution is -1.96. The van der Waals surface area contributed by atoms with Crippen molar-refractivity contribution in [1.29, 1.82) is 0 Å². The maximum absolute atomic E-state index is 5.74. The molecule has 0 bridgehead atoms. The molecule has 0 fully saturated rings. The molecule has 16 heavy (non-hydrogen) atoms. The van der Waals surface area contributed by atoms with Crippen LogP contribution in [0.3, 0.4) is 0 Å². The lowest BCUT2D eigenvalue weighted by molar-refractivity contribution is 0.373. The molecule has 4 nitrogen and oxygen atoms in total. The molecule has 0 aliphatic rings. The van der Waals surface area contributed by atoms with Gasteiger partial charge in [0.15, 0.2) is 5.16 Å². The van der Waals surface area contributed by atoms with Crippen LogP contribution in [0.5, 0.6) is 6.01 Å². The summed E-state index contributed by atoms with van der Waals surface area (Å²) in [6, 6.07) is 10.00. The van der Waals surface area contributed by atoms with E-state index < -0.39 is 0 Å². The molecule has 6 heteroatoms. The summed E-state index contributed by atoms with van der Waals surface area (Å²) in [4.78, 5) is 12.9. The Morgan fingerprint density at radius 3 is 2.56 bits per heavy atom. The average molecular weight is 254 g/mol. The van der Waals surface area contributed by atoms with Gasteiger partial charge < -0.3 is 4.74 Å². The van der Waals surface area contributed by atoms with Crippen LogP contribution in [0.1, 0.15) is 0 Å². The lowest BCUT2D eigenvalue weighted by atomic mass is 10.4. The first-order valence-corrected chi connectivity index (χ1v) is 5.66. The van der Waals surface area contributed by atoms with E-state index in [4.69, 9.17) is 16.3 Å². The first-order chi connectivity index (χ1) is 7.78. The second-order valence-corrected chi connectivity index (χ2v) is 4.17. The van der Waals surface area contributed by atoms with E-state index in [-0.39, 0.29) is 11.3 Å². The molecule has 0 unspecified atom stereocenters. The summed E-state index contributed by atoms with van der Waals surface area (Å²) in [5.74, 6) is 0. The monoisotopic (exact) mass is 253 g/mol. The predicted octanol–water partition coefficient (Wildman–Crippen LogP) is 2.68. The van der Waals surface area contributed by atoms with Crippen LogP contribution in [0.2, 0.25) is 5.28 Å². The van der Waals surface area contributed by atoms with Crippen LogP contribution in [0.4, 0.5) is 0 Å². The highest BCUT2D eigenvalue weighted by Crippen LogP contribution is 2.25. The SMILES string of the molecule is COc1nc(Cl)nc(Sc2ccccc2)n1. The number of nitrogens with zero attached hydrogens (tertiary/aromatic N) is 3. The van der Waals surface area contributed by atoms with Crippen LogP contribution >= 0.6 is 23.4 Å². The summed E-state index contributed by atoms with van der Waals surface area (Å²) in [5.41, 5.74) is 0. The summed E-state index contributed by atoms with van der Waals surface area (Å²) in [6.07, 6.45) is 0. The first kappa shape index (κ1) is 11.2. The summed E-state index contributed by atoms with van der Waals surface area (Å²) in [6.45, 7) is 0. The smallest absolute Gasteiger partial charge is 0.321 e. The van der Waals surface area contributed by atoms with E-state index in [9.17, 15) is 0 Å². The summed E-state index contributed by atoms with van der Waals surface area (Å²) in [5, 5.41) is 0.647. The molecule has 0 saturated carbocycles. The molecular formula is C10H8ClN3OS. The minimum Gasteiger partial charge on any atom is -0.467 e. The van der Waals surface area contributed by atoms with Crippen LogP contribution in [0, 0.1) is 0 Å². The Bertz CT molecular complexity index is 481. The standard InChI is InChI=1S/C10H8ClN3OS/c1-15-9-12-8(11)13-10(14-9)16-7-5-3-2-4-6-7/h2-6H,1H3. The Labute approximate surface area is 102 Å². The number of methoxy groups -OCH3 is 1. The second-order valence-electron chi connectivity index (χ2n) is 2.79. The second kappa shape index (κ2) is 5.14. The van der Waals surface area contributed by atoms with Crippen molar-refractivity contribution in [3.8, 4) is 6.01 Å². The zero-order valence-corrected chi connectivity index (χ0v) is 10.00. The highest BCUT2D eigenvalue weighted by atomic mass is 35.5. The van der Waals surface area contributed by atoms with Crippen molar-refractivity contribution >= 4 is 23.4 Å². The Kier molecular flexibility index (Phi) is 3.58. The Balaban J connectivity index is 2.24. The number of hydrogen-bond acceptors (Lipinski definition) is 5. The number of halogens is 1. The number of benzene rings is 1. The van der Waals surface area contributed by atoms with Gasteiger partial charge in [0.05, 0.1) is 7.11 Å². The Morgan fingerprint density at radius 2 is 1.88 bits per heavy atom. The number of rotatable bonds is 3. The van der Waals surface area contributed by atoms with Gasteiger partial charge >= 0.3 is 6.01 Å². The molecule has 2 aromatic rings. The summed E-state index contributed by atoms with van der Waals surface area (Å²) in [7, 11) is 1.49. The quantitative estimate of drug-likeness (QED) is 0.842. The fourth-order valence-corrected chi connectivity index (χ4v) is 2.01. The summed E-state index contributed by atoms with van der Waals surface area (Å²) >= 11 is 7.14. The molecule has 0 aliphatic carbocycles. The Morgan fingerprint density at radius 1 is 1.12 bits per heavy atom. The van der Waals surface area contributed by atoms with E-state index in [1.165, 1.54) is 18.9 Å². The highest BCUT2D eigenvalue weighted by molar-refractivity contribution is 7.99. The molecule has 1 aromatic heterocycles. The fourth-order valence-electron chi connectivity index (χ4n) is 1.05. The molecule has 82 valence electrons. The van der Waals surface area contributed by atoms with E-state index in [0.29, 0.717) is 5.16 Å². The number of ether oxygens (including phenoxy) is 1. The van der Waals surface area contributed by atoms with E-state index in [1.807, 2.05) is 30.3 Å². The molecule has 0 spiro atoms. The molecule has 1 aromatic carbocycles. The van der Waals surface area contributed by atoms with Crippen molar-refractivity contribution < 1.29 is 4.74 Å². The van der Waals surface area contributed by atoms with Gasteiger partial charge in [0.25, 0.3) is 0 Å². The molecule has 2 rings (SSSR count). The van der Waals surface area contributed by atoms with Crippen molar-refractivity contribution in [3.63, 3.8) is 0 Å². The topological polar surface area (TPSA) is 47.9 Å². The van der Waals surface area contributed by atoms with Crippen LogP contribution < -0.4 is 4.74 Å². The molecule has 0 radical (unpaired) electrons. The van der Waals surface area contributed by atoms with E-state index in [1.54, 1.807) is 0 Å². The first-order valence-electron chi connectivity index (χ1n) is 4.46. The lowest BCUT2D eigenvalue weighted by Gasteiger charge is -2.02. The average Bonchev–Trinajstić information content (AvgIpc) is 2.29. The van der Waals surface area contributed by atoms with Gasteiger partial charge in [-0.25, -0.2) is 0 Å². The zero-order valence-electron chi connectivity index (χ0n) is 8.42. The van der Waals surface area contributed by atoms with E-state index in [2.05, 4.69) is 15.0 Å². The van der Waals surface area contributed by atoms with Gasteiger partial charge in [-0.15, -0.1) is 0 Å². The Hall–Kier alpha value is -1.33. The van der Waals surface area contributed by atoms with Crippen molar-refractivity contribution in [2.75, 3.05) is 7.11 Å². The van der Waals surface area contributed by atoms with Crippen molar-refractivity contribution in [2.24, 2.45) is 0 Å². The minimum atomic E-state index is 0.130.